The van der Waals surface area contributed by atoms with Crippen molar-refractivity contribution >= 4 is 23.4 Å². The van der Waals surface area contributed by atoms with E-state index in [1.54, 1.807) is 12.4 Å². The fourth-order valence-corrected chi connectivity index (χ4v) is 3.71. The van der Waals surface area contributed by atoms with Crippen LogP contribution in [-0.2, 0) is 11.3 Å². The lowest BCUT2D eigenvalue weighted by Gasteiger charge is -2.15. The zero-order valence-electron chi connectivity index (χ0n) is 16.6. The number of carbonyl (C=O) groups excluding carboxylic acids is 1. The molecule has 1 N–H and O–H groups in total. The highest BCUT2D eigenvalue weighted by molar-refractivity contribution is 8.00. The average Bonchev–Trinajstić information content (AvgIpc) is 3.08. The Morgan fingerprint density at radius 2 is 1.93 bits per heavy atom. The van der Waals surface area contributed by atoms with Gasteiger partial charge in [-0.05, 0) is 56.5 Å². The van der Waals surface area contributed by atoms with Gasteiger partial charge in [0.1, 0.15) is 0 Å². The van der Waals surface area contributed by atoms with Gasteiger partial charge < -0.3 is 9.88 Å². The highest BCUT2D eigenvalue weighted by Crippen LogP contribution is 2.28. The Morgan fingerprint density at radius 1 is 1.18 bits per heavy atom. The van der Waals surface area contributed by atoms with Gasteiger partial charge in [-0.15, -0.1) is 10.2 Å². The van der Waals surface area contributed by atoms with Crippen LogP contribution in [0.5, 0.6) is 0 Å². The van der Waals surface area contributed by atoms with Crippen LogP contribution in [-0.4, -0.2) is 30.9 Å². The lowest BCUT2D eigenvalue weighted by Crippen LogP contribution is -2.23. The molecule has 0 unspecified atom stereocenters. The molecule has 1 aromatic carbocycles. The Morgan fingerprint density at radius 3 is 2.64 bits per heavy atom. The number of aryl methyl sites for hydroxylation is 2. The van der Waals surface area contributed by atoms with Crippen molar-refractivity contribution in [2.75, 3.05) is 5.32 Å². The molecule has 28 heavy (non-hydrogen) atoms. The minimum atomic E-state index is -0.301. The molecule has 7 heteroatoms. The smallest absolute Gasteiger partial charge is 0.237 e. The minimum absolute atomic E-state index is 0.0461. The summed E-state index contributed by atoms with van der Waals surface area (Å²) in [7, 11) is 0. The van der Waals surface area contributed by atoms with E-state index in [1.807, 2.05) is 51.1 Å². The Labute approximate surface area is 169 Å². The van der Waals surface area contributed by atoms with Gasteiger partial charge in [-0.3, -0.25) is 9.78 Å². The van der Waals surface area contributed by atoms with Crippen molar-refractivity contribution < 1.29 is 4.79 Å². The molecule has 0 spiro atoms. The molecular formula is C21H25N5OS. The van der Waals surface area contributed by atoms with E-state index in [2.05, 4.69) is 32.0 Å². The van der Waals surface area contributed by atoms with Crippen molar-refractivity contribution in [2.24, 2.45) is 0 Å². The molecule has 1 amide bonds. The van der Waals surface area contributed by atoms with Gasteiger partial charge in [0.05, 0.1) is 5.25 Å². The molecule has 0 aliphatic heterocycles. The highest BCUT2D eigenvalue weighted by atomic mass is 32.2. The molecule has 0 aliphatic rings. The van der Waals surface area contributed by atoms with E-state index >= 15 is 0 Å². The van der Waals surface area contributed by atoms with Gasteiger partial charge in [0.2, 0.25) is 5.91 Å². The van der Waals surface area contributed by atoms with Crippen LogP contribution in [0.25, 0.3) is 11.4 Å². The lowest BCUT2D eigenvalue weighted by atomic mass is 10.1. The second kappa shape index (κ2) is 9.01. The van der Waals surface area contributed by atoms with Crippen molar-refractivity contribution in [1.29, 1.82) is 0 Å². The summed E-state index contributed by atoms with van der Waals surface area (Å²) in [5.41, 5.74) is 3.98. The Bertz CT molecular complexity index is 955. The molecule has 146 valence electrons. The fraction of sp³-hybridized carbons (Fsp3) is 0.333. The van der Waals surface area contributed by atoms with E-state index in [1.165, 1.54) is 11.8 Å². The summed E-state index contributed by atoms with van der Waals surface area (Å²) in [4.78, 5) is 16.8. The van der Waals surface area contributed by atoms with Gasteiger partial charge in [-0.2, -0.15) is 0 Å². The molecule has 1 atom stereocenters. The van der Waals surface area contributed by atoms with Crippen molar-refractivity contribution in [3.8, 4) is 11.4 Å². The molecule has 0 bridgehead atoms. The molecule has 2 heterocycles. The molecular weight excluding hydrogens is 370 g/mol. The summed E-state index contributed by atoms with van der Waals surface area (Å²) in [6.45, 7) is 8.80. The zero-order chi connectivity index (χ0) is 20.1. The van der Waals surface area contributed by atoms with Crippen LogP contribution in [0.3, 0.4) is 0 Å². The highest BCUT2D eigenvalue weighted by Gasteiger charge is 2.21. The number of nitrogens with zero attached hydrogens (tertiary/aromatic N) is 4. The number of hydrogen-bond acceptors (Lipinski definition) is 5. The van der Waals surface area contributed by atoms with Crippen LogP contribution in [0, 0.1) is 13.8 Å². The molecule has 0 saturated heterocycles. The molecule has 2 aromatic heterocycles. The summed E-state index contributed by atoms with van der Waals surface area (Å²) in [6, 6.07) is 9.88. The van der Waals surface area contributed by atoms with Crippen molar-refractivity contribution in [1.82, 2.24) is 19.7 Å². The number of pyridine rings is 1. The van der Waals surface area contributed by atoms with Crippen LogP contribution < -0.4 is 5.32 Å². The lowest BCUT2D eigenvalue weighted by molar-refractivity contribution is -0.115. The quantitative estimate of drug-likeness (QED) is 0.597. The second-order valence-electron chi connectivity index (χ2n) is 6.76. The number of amides is 1. The molecule has 6 nitrogen and oxygen atoms in total. The van der Waals surface area contributed by atoms with Gasteiger partial charge in [0, 0.05) is 30.2 Å². The number of carbonyl (C=O) groups is 1. The minimum Gasteiger partial charge on any atom is -0.325 e. The third-order valence-electron chi connectivity index (χ3n) is 4.40. The first-order chi connectivity index (χ1) is 13.5. The SMILES string of the molecule is CCCn1c(S[C@@H](C)C(=O)Nc2cc(C)ccc2C)nnc1-c1ccncc1. The van der Waals surface area contributed by atoms with E-state index in [0.29, 0.717) is 0 Å². The molecule has 3 rings (SSSR count). The molecule has 0 fully saturated rings. The number of rotatable bonds is 7. The van der Waals surface area contributed by atoms with Gasteiger partial charge in [0.25, 0.3) is 0 Å². The topological polar surface area (TPSA) is 72.7 Å². The van der Waals surface area contributed by atoms with E-state index in [0.717, 1.165) is 46.3 Å². The second-order valence-corrected chi connectivity index (χ2v) is 8.07. The first kappa shape index (κ1) is 20.1. The molecule has 0 radical (unpaired) electrons. The number of nitrogens with one attached hydrogen (secondary N) is 1. The van der Waals surface area contributed by atoms with E-state index in [4.69, 9.17) is 0 Å². The molecule has 0 aliphatic carbocycles. The third kappa shape index (κ3) is 4.59. The number of aromatic nitrogens is 4. The Hall–Kier alpha value is -2.67. The fourth-order valence-electron chi connectivity index (χ4n) is 2.83. The van der Waals surface area contributed by atoms with Gasteiger partial charge in [0.15, 0.2) is 11.0 Å². The summed E-state index contributed by atoms with van der Waals surface area (Å²) < 4.78 is 2.07. The van der Waals surface area contributed by atoms with Crippen LogP contribution in [0.4, 0.5) is 5.69 Å². The summed E-state index contributed by atoms with van der Waals surface area (Å²) in [6.07, 6.45) is 4.44. The number of thioether (sulfide) groups is 1. The maximum Gasteiger partial charge on any atom is 0.237 e. The normalized spacial score (nSPS) is 12.0. The van der Waals surface area contributed by atoms with Crippen molar-refractivity contribution in [3.05, 3.63) is 53.9 Å². The van der Waals surface area contributed by atoms with Gasteiger partial charge >= 0.3 is 0 Å². The number of benzene rings is 1. The number of anilines is 1. The van der Waals surface area contributed by atoms with Crippen LogP contribution >= 0.6 is 11.8 Å². The summed E-state index contributed by atoms with van der Waals surface area (Å²) >= 11 is 1.42. The predicted molar refractivity (Wildman–Crippen MR) is 113 cm³/mol. The van der Waals surface area contributed by atoms with Crippen LogP contribution in [0.1, 0.15) is 31.4 Å². The Kier molecular flexibility index (Phi) is 6.46. The maximum absolute atomic E-state index is 12.7. The van der Waals surface area contributed by atoms with E-state index < -0.39 is 0 Å². The standard InChI is InChI=1S/C21H25N5OS/c1-5-12-26-19(17-8-10-22-11-9-17)24-25-21(26)28-16(4)20(27)23-18-13-14(2)6-7-15(18)3/h6-11,13,16H,5,12H2,1-4H3,(H,23,27)/t16-/m0/s1. The molecule has 3 aromatic rings. The monoisotopic (exact) mass is 395 g/mol. The first-order valence-corrected chi connectivity index (χ1v) is 10.3. The molecule has 0 saturated carbocycles. The predicted octanol–water partition coefficient (Wildman–Crippen LogP) is 4.49. The Balaban J connectivity index is 1.78. The van der Waals surface area contributed by atoms with Crippen molar-refractivity contribution in [3.63, 3.8) is 0 Å². The first-order valence-electron chi connectivity index (χ1n) is 9.38. The number of hydrogen-bond donors (Lipinski definition) is 1. The summed E-state index contributed by atoms with van der Waals surface area (Å²) in [5.74, 6) is 0.754. The van der Waals surface area contributed by atoms with E-state index in [-0.39, 0.29) is 11.2 Å². The van der Waals surface area contributed by atoms with Gasteiger partial charge in [-0.25, -0.2) is 0 Å². The largest absolute Gasteiger partial charge is 0.325 e. The maximum atomic E-state index is 12.7. The zero-order valence-corrected chi connectivity index (χ0v) is 17.5. The average molecular weight is 396 g/mol. The van der Waals surface area contributed by atoms with E-state index in [9.17, 15) is 4.79 Å². The van der Waals surface area contributed by atoms with Crippen molar-refractivity contribution in [2.45, 2.75) is 51.1 Å². The van der Waals surface area contributed by atoms with Crippen LogP contribution in [0.15, 0.2) is 47.9 Å². The summed E-state index contributed by atoms with van der Waals surface area (Å²) in [5, 5.41) is 12.2. The van der Waals surface area contributed by atoms with Gasteiger partial charge in [-0.1, -0.05) is 30.8 Å². The third-order valence-corrected chi connectivity index (χ3v) is 5.49. The van der Waals surface area contributed by atoms with Crippen LogP contribution in [0.2, 0.25) is 0 Å².